The molecule has 0 unspecified atom stereocenters. The zero-order valence-electron chi connectivity index (χ0n) is 17.0. The Morgan fingerprint density at radius 3 is 2.57 bits per heavy atom. The lowest BCUT2D eigenvalue weighted by Crippen LogP contribution is -2.35. The summed E-state index contributed by atoms with van der Waals surface area (Å²) in [5.74, 6) is -0.0721. The molecule has 2 heterocycles. The van der Waals surface area contributed by atoms with E-state index in [0.29, 0.717) is 23.5 Å². The summed E-state index contributed by atoms with van der Waals surface area (Å²) >= 11 is 1.18. The number of fused-ring (bicyclic) bond motifs is 1. The van der Waals surface area contributed by atoms with Gasteiger partial charge in [0.15, 0.2) is 0 Å². The molecule has 0 fully saturated rings. The average Bonchev–Trinajstić information content (AvgIpc) is 3.12. The van der Waals surface area contributed by atoms with Crippen molar-refractivity contribution in [2.45, 2.75) is 38.5 Å². The molecule has 0 saturated heterocycles. The standard InChI is InChI=1S/C21H22N4O3S2/c1-13-6-7-17(11-14(13)2)20(26)25-10-4-5-16-12-18(8-9-19(16)25)30(27,28)24-21-23-22-15(3)29-21/h6-9,11-12H,4-5,10H2,1-3H3,(H,23,24). The van der Waals surface area contributed by atoms with Gasteiger partial charge in [-0.1, -0.05) is 17.4 Å². The number of benzene rings is 2. The van der Waals surface area contributed by atoms with Crippen molar-refractivity contribution in [3.63, 3.8) is 0 Å². The molecule has 1 N–H and O–H groups in total. The first-order chi connectivity index (χ1) is 14.2. The third-order valence-electron chi connectivity index (χ3n) is 5.23. The van der Waals surface area contributed by atoms with E-state index < -0.39 is 10.0 Å². The summed E-state index contributed by atoms with van der Waals surface area (Å²) in [6.45, 7) is 6.36. The van der Waals surface area contributed by atoms with Crippen LogP contribution in [0.3, 0.4) is 0 Å². The van der Waals surface area contributed by atoms with Gasteiger partial charge in [0.2, 0.25) is 5.13 Å². The molecule has 0 radical (unpaired) electrons. The summed E-state index contributed by atoms with van der Waals surface area (Å²) in [6.07, 6.45) is 1.49. The van der Waals surface area contributed by atoms with Crippen LogP contribution in [0.1, 0.15) is 38.5 Å². The second kappa shape index (κ2) is 7.81. The molecule has 0 saturated carbocycles. The summed E-state index contributed by atoms with van der Waals surface area (Å²) in [6, 6.07) is 10.6. The highest BCUT2D eigenvalue weighted by molar-refractivity contribution is 7.93. The second-order valence-electron chi connectivity index (χ2n) is 7.38. The molecule has 2 aromatic carbocycles. The lowest BCUT2D eigenvalue weighted by molar-refractivity contribution is 0.0985. The van der Waals surface area contributed by atoms with Crippen LogP contribution in [-0.2, 0) is 16.4 Å². The zero-order chi connectivity index (χ0) is 21.5. The Morgan fingerprint density at radius 2 is 1.87 bits per heavy atom. The zero-order valence-corrected chi connectivity index (χ0v) is 18.6. The van der Waals surface area contributed by atoms with Crippen molar-refractivity contribution >= 4 is 38.1 Å². The number of carbonyl (C=O) groups is 1. The fraction of sp³-hybridized carbons (Fsp3) is 0.286. The summed E-state index contributed by atoms with van der Waals surface area (Å²) in [7, 11) is -3.78. The fourth-order valence-corrected chi connectivity index (χ4v) is 5.37. The largest absolute Gasteiger partial charge is 0.308 e. The predicted octanol–water partition coefficient (Wildman–Crippen LogP) is 3.86. The van der Waals surface area contributed by atoms with Gasteiger partial charge in [-0.05, 0) is 80.6 Å². The number of nitrogens with zero attached hydrogens (tertiary/aromatic N) is 3. The van der Waals surface area contributed by atoms with Gasteiger partial charge in [-0.15, -0.1) is 10.2 Å². The van der Waals surface area contributed by atoms with E-state index in [4.69, 9.17) is 0 Å². The molecular weight excluding hydrogens is 420 g/mol. The van der Waals surface area contributed by atoms with E-state index in [1.807, 2.05) is 32.0 Å². The third-order valence-corrected chi connectivity index (χ3v) is 7.45. The number of hydrogen-bond acceptors (Lipinski definition) is 6. The van der Waals surface area contributed by atoms with Crippen LogP contribution in [-0.4, -0.2) is 31.1 Å². The Bertz CT molecular complexity index is 1230. The Hall–Kier alpha value is -2.78. The predicted molar refractivity (Wildman–Crippen MR) is 118 cm³/mol. The monoisotopic (exact) mass is 442 g/mol. The molecule has 30 heavy (non-hydrogen) atoms. The van der Waals surface area contributed by atoms with Gasteiger partial charge in [0.05, 0.1) is 4.90 Å². The van der Waals surface area contributed by atoms with Crippen LogP contribution in [0.15, 0.2) is 41.3 Å². The van der Waals surface area contributed by atoms with E-state index in [0.717, 1.165) is 28.8 Å². The minimum atomic E-state index is -3.78. The smallest absolute Gasteiger partial charge is 0.263 e. The SMILES string of the molecule is Cc1nnc(NS(=O)(=O)c2ccc3c(c2)CCCN3C(=O)c2ccc(C)c(C)c2)s1. The van der Waals surface area contributed by atoms with E-state index in [1.54, 1.807) is 24.0 Å². The molecule has 4 rings (SSSR count). The quantitative estimate of drug-likeness (QED) is 0.662. The Labute approximate surface area is 179 Å². The van der Waals surface area contributed by atoms with E-state index in [9.17, 15) is 13.2 Å². The number of hydrogen-bond donors (Lipinski definition) is 1. The first-order valence-electron chi connectivity index (χ1n) is 9.59. The Kier molecular flexibility index (Phi) is 5.33. The van der Waals surface area contributed by atoms with Gasteiger partial charge in [-0.25, -0.2) is 8.42 Å². The molecule has 1 aliphatic rings. The first kappa shape index (κ1) is 20.5. The van der Waals surface area contributed by atoms with Crippen LogP contribution in [0.4, 0.5) is 10.8 Å². The van der Waals surface area contributed by atoms with Gasteiger partial charge < -0.3 is 4.90 Å². The minimum absolute atomic E-state index is 0.0721. The van der Waals surface area contributed by atoms with Gasteiger partial charge in [0.1, 0.15) is 5.01 Å². The van der Waals surface area contributed by atoms with Gasteiger partial charge in [-0.3, -0.25) is 9.52 Å². The van der Waals surface area contributed by atoms with Crippen LogP contribution < -0.4 is 9.62 Å². The van der Waals surface area contributed by atoms with Gasteiger partial charge in [-0.2, -0.15) is 0 Å². The highest BCUT2D eigenvalue weighted by Gasteiger charge is 2.26. The molecule has 1 aromatic heterocycles. The summed E-state index contributed by atoms with van der Waals surface area (Å²) < 4.78 is 28.0. The lowest BCUT2D eigenvalue weighted by Gasteiger charge is -2.30. The van der Waals surface area contributed by atoms with Crippen molar-refractivity contribution < 1.29 is 13.2 Å². The third kappa shape index (κ3) is 3.95. The molecule has 1 amide bonds. The van der Waals surface area contributed by atoms with Gasteiger partial charge >= 0.3 is 0 Å². The summed E-state index contributed by atoms with van der Waals surface area (Å²) in [5.41, 5.74) is 4.44. The summed E-state index contributed by atoms with van der Waals surface area (Å²) in [5, 5.41) is 8.57. The molecule has 7 nitrogen and oxygen atoms in total. The topological polar surface area (TPSA) is 92.3 Å². The number of carbonyl (C=O) groups excluding carboxylic acids is 1. The van der Waals surface area contributed by atoms with Crippen molar-refractivity contribution in [3.8, 4) is 0 Å². The maximum Gasteiger partial charge on any atom is 0.263 e. The highest BCUT2D eigenvalue weighted by atomic mass is 32.2. The maximum atomic E-state index is 13.1. The molecule has 0 aliphatic carbocycles. The molecule has 156 valence electrons. The maximum absolute atomic E-state index is 13.1. The van der Waals surface area contributed by atoms with E-state index in [-0.39, 0.29) is 15.9 Å². The number of rotatable bonds is 4. The van der Waals surface area contributed by atoms with Crippen LogP contribution in [0.5, 0.6) is 0 Å². The van der Waals surface area contributed by atoms with E-state index >= 15 is 0 Å². The Morgan fingerprint density at radius 1 is 1.07 bits per heavy atom. The molecule has 9 heteroatoms. The molecule has 0 atom stereocenters. The average molecular weight is 443 g/mol. The van der Waals surface area contributed by atoms with Crippen LogP contribution in [0.2, 0.25) is 0 Å². The lowest BCUT2D eigenvalue weighted by atomic mass is 10.00. The van der Waals surface area contributed by atoms with Crippen molar-refractivity contribution in [3.05, 3.63) is 63.7 Å². The van der Waals surface area contributed by atoms with E-state index in [2.05, 4.69) is 14.9 Å². The van der Waals surface area contributed by atoms with Crippen LogP contribution in [0.25, 0.3) is 0 Å². The van der Waals surface area contributed by atoms with Crippen molar-refractivity contribution in [1.29, 1.82) is 0 Å². The van der Waals surface area contributed by atoms with Crippen molar-refractivity contribution in [1.82, 2.24) is 10.2 Å². The molecule has 1 aliphatic heterocycles. The number of nitrogens with one attached hydrogen (secondary N) is 1. The number of sulfonamides is 1. The van der Waals surface area contributed by atoms with E-state index in [1.165, 1.54) is 17.4 Å². The second-order valence-corrected chi connectivity index (χ2v) is 10.2. The van der Waals surface area contributed by atoms with Crippen LogP contribution >= 0.6 is 11.3 Å². The normalized spacial score (nSPS) is 13.8. The first-order valence-corrected chi connectivity index (χ1v) is 11.9. The molecule has 0 bridgehead atoms. The van der Waals surface area contributed by atoms with Crippen LogP contribution in [0, 0.1) is 20.8 Å². The van der Waals surface area contributed by atoms with Crippen molar-refractivity contribution in [2.24, 2.45) is 0 Å². The number of amides is 1. The molecule has 3 aromatic rings. The minimum Gasteiger partial charge on any atom is -0.308 e. The van der Waals surface area contributed by atoms with Gasteiger partial charge in [0.25, 0.3) is 15.9 Å². The van der Waals surface area contributed by atoms with Gasteiger partial charge in [0, 0.05) is 17.8 Å². The highest BCUT2D eigenvalue weighted by Crippen LogP contribution is 2.31. The number of aromatic nitrogens is 2. The Balaban J connectivity index is 1.64. The fourth-order valence-electron chi connectivity index (χ4n) is 3.49. The molecular formula is C21H22N4O3S2. The number of aryl methyl sites for hydroxylation is 4. The summed E-state index contributed by atoms with van der Waals surface area (Å²) in [4.78, 5) is 15.0. The number of anilines is 2. The van der Waals surface area contributed by atoms with Crippen molar-refractivity contribution in [2.75, 3.05) is 16.2 Å². The molecule has 0 spiro atoms.